The Kier molecular flexibility index (Phi) is 5.74. The van der Waals surface area contributed by atoms with Crippen LogP contribution in [-0.2, 0) is 16.1 Å². The fourth-order valence-electron chi connectivity index (χ4n) is 3.82. The summed E-state index contributed by atoms with van der Waals surface area (Å²) in [6.07, 6.45) is 7.43. The number of carbonyl (C=O) groups excluding carboxylic acids is 2. The highest BCUT2D eigenvalue weighted by atomic mass is 16.3. The summed E-state index contributed by atoms with van der Waals surface area (Å²) in [6.45, 7) is 1.23. The molecule has 0 spiro atoms. The van der Waals surface area contributed by atoms with Crippen LogP contribution < -0.4 is 10.2 Å². The van der Waals surface area contributed by atoms with Gasteiger partial charge in [0.25, 0.3) is 0 Å². The molecule has 1 aliphatic carbocycles. The molecule has 3 rings (SSSR count). The Hall–Kier alpha value is -1.88. The maximum absolute atomic E-state index is 12.1. The number of rotatable bonds is 5. The smallest absolute Gasteiger partial charge is 0.226 e. The predicted molar refractivity (Wildman–Crippen MR) is 97.1 cm³/mol. The minimum Gasteiger partial charge on any atom is -0.389 e. The molecule has 5 heteroatoms. The first-order valence-corrected chi connectivity index (χ1v) is 9.44. The van der Waals surface area contributed by atoms with E-state index < -0.39 is 5.60 Å². The monoisotopic (exact) mass is 344 g/mol. The molecule has 2 fully saturated rings. The Bertz CT molecular complexity index is 606. The molecule has 0 atom stereocenters. The Labute approximate surface area is 149 Å². The zero-order valence-corrected chi connectivity index (χ0v) is 14.8. The molecule has 1 saturated carbocycles. The first kappa shape index (κ1) is 17.9. The minimum atomic E-state index is -0.819. The number of piperidine rings is 1. The van der Waals surface area contributed by atoms with Crippen molar-refractivity contribution in [3.63, 3.8) is 0 Å². The van der Waals surface area contributed by atoms with Crippen LogP contribution in [0.4, 0.5) is 5.69 Å². The average molecular weight is 344 g/mol. The lowest BCUT2D eigenvalue weighted by Gasteiger charge is -2.31. The van der Waals surface area contributed by atoms with Crippen molar-refractivity contribution in [3.8, 4) is 0 Å². The summed E-state index contributed by atoms with van der Waals surface area (Å²) in [5.41, 5.74) is 1.11. The van der Waals surface area contributed by atoms with E-state index in [9.17, 15) is 14.7 Å². The molecule has 1 saturated heterocycles. The second-order valence-electron chi connectivity index (χ2n) is 7.41. The van der Waals surface area contributed by atoms with Crippen LogP contribution in [0.5, 0.6) is 0 Å². The molecule has 1 heterocycles. The molecule has 0 radical (unpaired) electrons. The number of nitrogens with zero attached hydrogens (tertiary/aromatic N) is 1. The number of hydrogen-bond donors (Lipinski definition) is 2. The van der Waals surface area contributed by atoms with E-state index in [0.717, 1.165) is 62.7 Å². The van der Waals surface area contributed by atoms with Gasteiger partial charge < -0.3 is 15.3 Å². The van der Waals surface area contributed by atoms with E-state index >= 15 is 0 Å². The van der Waals surface area contributed by atoms with Crippen LogP contribution in [0.15, 0.2) is 24.3 Å². The van der Waals surface area contributed by atoms with Crippen molar-refractivity contribution in [3.05, 3.63) is 29.8 Å². The Morgan fingerprint density at radius 1 is 1.08 bits per heavy atom. The van der Waals surface area contributed by atoms with E-state index in [0.29, 0.717) is 13.0 Å². The van der Waals surface area contributed by atoms with Crippen LogP contribution in [-0.4, -0.2) is 29.1 Å². The fraction of sp³-hybridized carbons (Fsp3) is 0.600. The van der Waals surface area contributed by atoms with Gasteiger partial charge in [0, 0.05) is 25.2 Å². The summed E-state index contributed by atoms with van der Waals surface area (Å²) >= 11 is 0. The van der Waals surface area contributed by atoms with Gasteiger partial charge in [0.1, 0.15) is 0 Å². The molecule has 0 unspecified atom stereocenters. The maximum Gasteiger partial charge on any atom is 0.226 e. The van der Waals surface area contributed by atoms with Crippen molar-refractivity contribution in [1.29, 1.82) is 0 Å². The van der Waals surface area contributed by atoms with Gasteiger partial charge in [0.05, 0.1) is 12.0 Å². The summed E-state index contributed by atoms with van der Waals surface area (Å²) in [4.78, 5) is 25.9. The van der Waals surface area contributed by atoms with Gasteiger partial charge in [-0.2, -0.15) is 0 Å². The summed E-state index contributed by atoms with van der Waals surface area (Å²) in [5, 5.41) is 13.3. The molecule has 1 aliphatic heterocycles. The lowest BCUT2D eigenvalue weighted by Crippen LogP contribution is -2.38. The summed E-state index contributed by atoms with van der Waals surface area (Å²) in [6, 6.07) is 7.79. The number of aliphatic hydroxyl groups is 1. The molecule has 2 amide bonds. The molecular weight excluding hydrogens is 316 g/mol. The summed E-state index contributed by atoms with van der Waals surface area (Å²) in [5.74, 6) is 0.0905. The van der Waals surface area contributed by atoms with Gasteiger partial charge in [-0.3, -0.25) is 9.59 Å². The van der Waals surface area contributed by atoms with E-state index in [1.807, 2.05) is 29.2 Å². The highest BCUT2D eigenvalue weighted by molar-refractivity contribution is 5.93. The number of amides is 2. The number of hydrogen-bond acceptors (Lipinski definition) is 3. The Morgan fingerprint density at radius 2 is 1.80 bits per heavy atom. The quantitative estimate of drug-likeness (QED) is 0.863. The molecule has 2 N–H and O–H groups in total. The normalized spacial score (nSPS) is 20.4. The zero-order chi connectivity index (χ0) is 17.7. The lowest BCUT2D eigenvalue weighted by molar-refractivity contribution is -0.127. The average Bonchev–Trinajstić information content (AvgIpc) is 2.61. The molecule has 0 bridgehead atoms. The molecule has 2 aliphatic rings. The van der Waals surface area contributed by atoms with Crippen molar-refractivity contribution >= 4 is 17.5 Å². The fourth-order valence-corrected chi connectivity index (χ4v) is 3.82. The van der Waals surface area contributed by atoms with Crippen molar-refractivity contribution in [2.75, 3.05) is 11.4 Å². The molecule has 25 heavy (non-hydrogen) atoms. The topological polar surface area (TPSA) is 69.6 Å². The SMILES string of the molecule is O=C(CC1(O)CCCCC1)NCc1ccc(N2CCCCC2=O)cc1. The van der Waals surface area contributed by atoms with Gasteiger partial charge in [-0.1, -0.05) is 31.4 Å². The standard InChI is InChI=1S/C20H28N2O3/c23-18(14-20(25)11-3-1-4-12-20)21-15-16-7-9-17(10-8-16)22-13-5-2-6-19(22)24/h7-10,25H,1-6,11-15H2,(H,21,23). The first-order valence-electron chi connectivity index (χ1n) is 9.44. The second kappa shape index (κ2) is 8.00. The molecule has 5 nitrogen and oxygen atoms in total. The number of benzene rings is 1. The van der Waals surface area contributed by atoms with E-state index in [2.05, 4.69) is 5.32 Å². The highest BCUT2D eigenvalue weighted by Gasteiger charge is 2.31. The Morgan fingerprint density at radius 3 is 2.48 bits per heavy atom. The number of nitrogens with one attached hydrogen (secondary N) is 1. The van der Waals surface area contributed by atoms with Crippen LogP contribution in [0, 0.1) is 0 Å². The third-order valence-electron chi connectivity index (χ3n) is 5.33. The number of carbonyl (C=O) groups is 2. The number of anilines is 1. The first-order chi connectivity index (χ1) is 12.1. The van der Waals surface area contributed by atoms with Crippen LogP contribution >= 0.6 is 0 Å². The summed E-state index contributed by atoms with van der Waals surface area (Å²) < 4.78 is 0. The van der Waals surface area contributed by atoms with Gasteiger partial charge in [-0.15, -0.1) is 0 Å². The second-order valence-corrected chi connectivity index (χ2v) is 7.41. The van der Waals surface area contributed by atoms with Crippen LogP contribution in [0.3, 0.4) is 0 Å². The van der Waals surface area contributed by atoms with E-state index in [-0.39, 0.29) is 18.2 Å². The van der Waals surface area contributed by atoms with Crippen molar-refractivity contribution in [1.82, 2.24) is 5.32 Å². The molecule has 0 aromatic heterocycles. The lowest BCUT2D eigenvalue weighted by atomic mass is 9.82. The maximum atomic E-state index is 12.1. The van der Waals surface area contributed by atoms with Gasteiger partial charge in [0.15, 0.2) is 0 Å². The zero-order valence-electron chi connectivity index (χ0n) is 14.8. The van der Waals surface area contributed by atoms with E-state index in [4.69, 9.17) is 0 Å². The van der Waals surface area contributed by atoms with Crippen molar-refractivity contribution in [2.45, 2.75) is 69.9 Å². The van der Waals surface area contributed by atoms with Crippen molar-refractivity contribution < 1.29 is 14.7 Å². The van der Waals surface area contributed by atoms with Gasteiger partial charge >= 0.3 is 0 Å². The van der Waals surface area contributed by atoms with Gasteiger partial charge in [0.2, 0.25) is 11.8 Å². The highest BCUT2D eigenvalue weighted by Crippen LogP contribution is 2.30. The van der Waals surface area contributed by atoms with Crippen LogP contribution in [0.2, 0.25) is 0 Å². The predicted octanol–water partition coefficient (Wildman–Crippen LogP) is 2.91. The van der Waals surface area contributed by atoms with Crippen molar-refractivity contribution in [2.24, 2.45) is 0 Å². The Balaban J connectivity index is 1.49. The molecular formula is C20H28N2O3. The van der Waals surface area contributed by atoms with Gasteiger partial charge in [-0.25, -0.2) is 0 Å². The minimum absolute atomic E-state index is 0.0975. The third-order valence-corrected chi connectivity index (χ3v) is 5.33. The van der Waals surface area contributed by atoms with E-state index in [1.54, 1.807) is 0 Å². The third kappa shape index (κ3) is 4.82. The molecule has 1 aromatic carbocycles. The molecule has 136 valence electrons. The largest absolute Gasteiger partial charge is 0.389 e. The van der Waals surface area contributed by atoms with Crippen LogP contribution in [0.1, 0.15) is 63.4 Å². The van der Waals surface area contributed by atoms with E-state index in [1.165, 1.54) is 0 Å². The van der Waals surface area contributed by atoms with Gasteiger partial charge in [-0.05, 0) is 43.4 Å². The summed E-state index contributed by atoms with van der Waals surface area (Å²) in [7, 11) is 0. The molecule has 1 aromatic rings. The van der Waals surface area contributed by atoms with Crippen LogP contribution in [0.25, 0.3) is 0 Å².